The van der Waals surface area contributed by atoms with Gasteiger partial charge in [0.05, 0.1) is 10.8 Å². The summed E-state index contributed by atoms with van der Waals surface area (Å²) in [5, 5.41) is -0.263. The van der Waals surface area contributed by atoms with Gasteiger partial charge in [0.15, 0.2) is 0 Å². The van der Waals surface area contributed by atoms with E-state index >= 15 is 0 Å². The number of hydrogen-bond donors (Lipinski definition) is 1. The fourth-order valence-electron chi connectivity index (χ4n) is 2.37. The van der Waals surface area contributed by atoms with Crippen LogP contribution in [-0.2, 0) is 9.53 Å². The van der Waals surface area contributed by atoms with Gasteiger partial charge in [-0.2, -0.15) is 12.6 Å². The molecule has 0 bridgehead atoms. The van der Waals surface area contributed by atoms with Crippen molar-refractivity contribution in [2.75, 3.05) is 6.61 Å². The van der Waals surface area contributed by atoms with Crippen molar-refractivity contribution >= 4 is 24.2 Å². The first-order valence-electron chi connectivity index (χ1n) is 6.46. The van der Waals surface area contributed by atoms with Gasteiger partial charge in [-0.05, 0) is 11.1 Å². The van der Waals surface area contributed by atoms with E-state index in [1.807, 2.05) is 60.7 Å². The minimum atomic E-state index is -0.271. The summed E-state index contributed by atoms with van der Waals surface area (Å²) in [5.74, 6) is -0.271. The maximum atomic E-state index is 12.0. The van der Waals surface area contributed by atoms with Crippen LogP contribution in [0.1, 0.15) is 16.4 Å². The Hall–Kier alpha value is -2.00. The van der Waals surface area contributed by atoms with Crippen LogP contribution in [0.5, 0.6) is 0 Å². The summed E-state index contributed by atoms with van der Waals surface area (Å²) < 4.78 is 5.21. The number of rotatable bonds is 3. The van der Waals surface area contributed by atoms with Crippen LogP contribution in [0.3, 0.4) is 0 Å². The van der Waals surface area contributed by atoms with Crippen molar-refractivity contribution in [2.45, 2.75) is 5.25 Å². The Kier molecular flexibility index (Phi) is 3.61. The van der Waals surface area contributed by atoms with E-state index < -0.39 is 0 Å². The number of carbonyl (C=O) groups is 1. The molecule has 1 heterocycles. The number of thiol groups is 1. The van der Waals surface area contributed by atoms with E-state index in [4.69, 9.17) is 4.74 Å². The quantitative estimate of drug-likeness (QED) is 0.687. The molecule has 0 radical (unpaired) electrons. The van der Waals surface area contributed by atoms with Crippen molar-refractivity contribution in [1.29, 1.82) is 0 Å². The maximum Gasteiger partial charge on any atom is 0.336 e. The summed E-state index contributed by atoms with van der Waals surface area (Å²) in [5.41, 5.74) is 3.59. The Balaban J connectivity index is 2.06. The lowest BCUT2D eigenvalue weighted by atomic mass is 9.96. The Morgan fingerprint density at radius 3 is 2.20 bits per heavy atom. The molecule has 3 rings (SSSR count). The highest BCUT2D eigenvalue weighted by Crippen LogP contribution is 2.37. The second-order valence-corrected chi connectivity index (χ2v) is 5.16. The van der Waals surface area contributed by atoms with Crippen molar-refractivity contribution in [3.05, 3.63) is 77.4 Å². The van der Waals surface area contributed by atoms with Gasteiger partial charge in [0, 0.05) is 5.57 Å². The minimum Gasteiger partial charge on any atom is -0.457 e. The molecule has 0 saturated carbocycles. The number of carbonyl (C=O) groups excluding carboxylic acids is 1. The van der Waals surface area contributed by atoms with Crippen molar-refractivity contribution in [1.82, 2.24) is 0 Å². The molecule has 100 valence electrons. The van der Waals surface area contributed by atoms with Crippen LogP contribution < -0.4 is 0 Å². The van der Waals surface area contributed by atoms with Crippen LogP contribution in [-0.4, -0.2) is 12.6 Å². The average molecular weight is 282 g/mol. The second kappa shape index (κ2) is 5.55. The summed E-state index contributed by atoms with van der Waals surface area (Å²) >= 11 is 4.62. The van der Waals surface area contributed by atoms with E-state index in [0.717, 1.165) is 16.7 Å². The summed E-state index contributed by atoms with van der Waals surface area (Å²) in [6.45, 7) is 0.322. The Labute approximate surface area is 123 Å². The topological polar surface area (TPSA) is 26.3 Å². The van der Waals surface area contributed by atoms with Gasteiger partial charge in [0.1, 0.15) is 6.61 Å². The molecule has 0 amide bonds. The first-order chi connectivity index (χ1) is 9.77. The number of hydrogen-bond acceptors (Lipinski definition) is 3. The molecule has 0 aliphatic carbocycles. The molecule has 0 unspecified atom stereocenters. The second-order valence-electron chi connectivity index (χ2n) is 4.65. The molecular formula is C17H14O2S. The maximum absolute atomic E-state index is 12.0. The average Bonchev–Trinajstić information content (AvgIpc) is 2.90. The van der Waals surface area contributed by atoms with Crippen LogP contribution in [0.25, 0.3) is 5.57 Å². The third kappa shape index (κ3) is 2.37. The van der Waals surface area contributed by atoms with Gasteiger partial charge in [-0.25, -0.2) is 4.79 Å². The van der Waals surface area contributed by atoms with Crippen molar-refractivity contribution in [3.63, 3.8) is 0 Å². The molecule has 20 heavy (non-hydrogen) atoms. The Bertz CT molecular complexity index is 647. The van der Waals surface area contributed by atoms with Crippen LogP contribution >= 0.6 is 12.6 Å². The zero-order valence-electron chi connectivity index (χ0n) is 10.8. The summed E-state index contributed by atoms with van der Waals surface area (Å²) in [6.07, 6.45) is 0. The van der Waals surface area contributed by atoms with Gasteiger partial charge in [-0.15, -0.1) is 0 Å². The van der Waals surface area contributed by atoms with Crippen molar-refractivity contribution in [3.8, 4) is 0 Å². The number of ether oxygens (including phenoxy) is 1. The lowest BCUT2D eigenvalue weighted by Crippen LogP contribution is -2.05. The number of benzene rings is 2. The molecule has 1 aliphatic rings. The Morgan fingerprint density at radius 2 is 1.55 bits per heavy atom. The molecule has 2 aromatic carbocycles. The van der Waals surface area contributed by atoms with Crippen LogP contribution in [0.4, 0.5) is 0 Å². The molecule has 1 aliphatic heterocycles. The van der Waals surface area contributed by atoms with Crippen LogP contribution in [0.2, 0.25) is 0 Å². The zero-order chi connectivity index (χ0) is 13.9. The third-order valence-electron chi connectivity index (χ3n) is 3.40. The van der Waals surface area contributed by atoms with E-state index in [1.165, 1.54) is 0 Å². The molecule has 0 aromatic heterocycles. The van der Waals surface area contributed by atoms with Crippen molar-refractivity contribution in [2.24, 2.45) is 0 Å². The highest BCUT2D eigenvalue weighted by atomic mass is 32.1. The van der Waals surface area contributed by atoms with E-state index in [0.29, 0.717) is 12.2 Å². The molecule has 2 nitrogen and oxygen atoms in total. The first-order valence-corrected chi connectivity index (χ1v) is 6.97. The molecule has 3 heteroatoms. The normalized spacial score (nSPS) is 16.1. The van der Waals surface area contributed by atoms with Gasteiger partial charge >= 0.3 is 5.97 Å². The predicted octanol–water partition coefficient (Wildman–Crippen LogP) is 3.67. The van der Waals surface area contributed by atoms with Gasteiger partial charge in [-0.1, -0.05) is 60.7 Å². The SMILES string of the molecule is O=C1OCC(c2ccccc2)=C1[C@H](S)c1ccccc1. The Morgan fingerprint density at radius 1 is 0.950 bits per heavy atom. The molecule has 2 aromatic rings. The minimum absolute atomic E-state index is 0.263. The van der Waals surface area contributed by atoms with Gasteiger partial charge < -0.3 is 4.74 Å². The standard InChI is InChI=1S/C17H14O2S/c18-17-15(16(20)13-9-5-2-6-10-13)14(11-19-17)12-7-3-1-4-8-12/h1-10,16,20H,11H2/t16-/m1/s1. The highest BCUT2D eigenvalue weighted by molar-refractivity contribution is 7.80. The molecule has 0 fully saturated rings. The van der Waals surface area contributed by atoms with Gasteiger partial charge in [-0.3, -0.25) is 0 Å². The smallest absolute Gasteiger partial charge is 0.336 e. The van der Waals surface area contributed by atoms with E-state index in [1.54, 1.807) is 0 Å². The molecule has 1 atom stereocenters. The first kappa shape index (κ1) is 13.0. The van der Waals surface area contributed by atoms with E-state index in [2.05, 4.69) is 12.6 Å². The molecule has 0 saturated heterocycles. The van der Waals surface area contributed by atoms with Crippen molar-refractivity contribution < 1.29 is 9.53 Å². The zero-order valence-corrected chi connectivity index (χ0v) is 11.7. The van der Waals surface area contributed by atoms with E-state index in [-0.39, 0.29) is 11.2 Å². The summed E-state index contributed by atoms with van der Waals surface area (Å²) in [4.78, 5) is 12.0. The van der Waals surface area contributed by atoms with Crippen LogP contribution in [0.15, 0.2) is 66.2 Å². The molecular weight excluding hydrogens is 268 g/mol. The number of esters is 1. The fourth-order valence-corrected chi connectivity index (χ4v) is 2.81. The molecule has 0 spiro atoms. The van der Waals surface area contributed by atoms with Crippen LogP contribution in [0, 0.1) is 0 Å². The lowest BCUT2D eigenvalue weighted by Gasteiger charge is -2.12. The van der Waals surface area contributed by atoms with Gasteiger partial charge in [0.2, 0.25) is 0 Å². The third-order valence-corrected chi connectivity index (χ3v) is 3.96. The lowest BCUT2D eigenvalue weighted by molar-refractivity contribution is -0.136. The monoisotopic (exact) mass is 282 g/mol. The number of cyclic esters (lactones) is 1. The fraction of sp³-hybridized carbons (Fsp3) is 0.118. The highest BCUT2D eigenvalue weighted by Gasteiger charge is 2.31. The van der Waals surface area contributed by atoms with E-state index in [9.17, 15) is 4.79 Å². The predicted molar refractivity (Wildman–Crippen MR) is 82.5 cm³/mol. The summed E-state index contributed by atoms with van der Waals surface area (Å²) in [6, 6.07) is 19.6. The summed E-state index contributed by atoms with van der Waals surface area (Å²) in [7, 11) is 0. The molecule has 0 N–H and O–H groups in total. The van der Waals surface area contributed by atoms with Gasteiger partial charge in [0.25, 0.3) is 0 Å². The largest absolute Gasteiger partial charge is 0.457 e.